The Balaban J connectivity index is 2.26. The number of nitrogens with zero attached hydrogens (tertiary/aromatic N) is 1. The van der Waals surface area contributed by atoms with Gasteiger partial charge in [0.2, 0.25) is 10.0 Å². The second-order valence-electron chi connectivity index (χ2n) is 5.04. The van der Waals surface area contributed by atoms with Gasteiger partial charge in [-0.2, -0.15) is 4.31 Å². The zero-order valence-corrected chi connectivity index (χ0v) is 13.7. The maximum Gasteiger partial charge on any atom is 0.244 e. The van der Waals surface area contributed by atoms with E-state index in [2.05, 4.69) is 0 Å². The summed E-state index contributed by atoms with van der Waals surface area (Å²) in [5.41, 5.74) is 6.04. The van der Waals surface area contributed by atoms with Crippen molar-refractivity contribution in [1.29, 1.82) is 0 Å². The molecule has 1 atom stereocenters. The van der Waals surface area contributed by atoms with Crippen molar-refractivity contribution in [2.24, 2.45) is 11.7 Å². The summed E-state index contributed by atoms with van der Waals surface area (Å²) in [6.45, 7) is 0.929. The van der Waals surface area contributed by atoms with E-state index >= 15 is 0 Å². The Bertz CT molecular complexity index is 649. The van der Waals surface area contributed by atoms with Gasteiger partial charge in [0.05, 0.1) is 5.02 Å². The van der Waals surface area contributed by atoms with Crippen LogP contribution in [0.25, 0.3) is 0 Å². The molecule has 21 heavy (non-hydrogen) atoms. The number of aliphatic hydroxyl groups excluding tert-OH is 1. The summed E-state index contributed by atoms with van der Waals surface area (Å²) in [5, 5.41) is 9.06. The van der Waals surface area contributed by atoms with Gasteiger partial charge in [-0.25, -0.2) is 8.42 Å². The standard InChI is InChI=1S/C13H17ClN2O3S2/c14-11-7-10(13(15)20)1-2-12(11)21(18,19)16-5-3-9(8-16)4-6-17/h1-2,7,9,17H,3-6,8H2,(H2,15,20). The molecule has 1 heterocycles. The normalized spacial score (nSPS) is 19.8. The molecule has 0 bridgehead atoms. The molecular formula is C13H17ClN2O3S2. The van der Waals surface area contributed by atoms with Crippen LogP contribution in [0, 0.1) is 5.92 Å². The van der Waals surface area contributed by atoms with Crippen molar-refractivity contribution in [3.05, 3.63) is 28.8 Å². The summed E-state index contributed by atoms with van der Waals surface area (Å²) >= 11 is 10.9. The van der Waals surface area contributed by atoms with Crippen LogP contribution >= 0.6 is 23.8 Å². The summed E-state index contributed by atoms with van der Waals surface area (Å²) in [6, 6.07) is 4.46. The Labute approximate surface area is 134 Å². The lowest BCUT2D eigenvalue weighted by Gasteiger charge is -2.17. The van der Waals surface area contributed by atoms with E-state index in [1.165, 1.54) is 16.4 Å². The second kappa shape index (κ2) is 6.58. The molecule has 0 spiro atoms. The van der Waals surface area contributed by atoms with Crippen LogP contribution in [0.1, 0.15) is 18.4 Å². The van der Waals surface area contributed by atoms with E-state index < -0.39 is 10.0 Å². The molecule has 1 aliphatic heterocycles. The van der Waals surface area contributed by atoms with Gasteiger partial charge in [-0.1, -0.05) is 29.9 Å². The van der Waals surface area contributed by atoms with Crippen molar-refractivity contribution >= 4 is 38.8 Å². The molecule has 5 nitrogen and oxygen atoms in total. The largest absolute Gasteiger partial charge is 0.396 e. The molecule has 0 aliphatic carbocycles. The number of aliphatic hydroxyl groups is 1. The highest BCUT2D eigenvalue weighted by Crippen LogP contribution is 2.30. The Hall–Kier alpha value is -0.730. The average molecular weight is 349 g/mol. The van der Waals surface area contributed by atoms with Crippen LogP contribution in [-0.4, -0.2) is 42.5 Å². The summed E-state index contributed by atoms with van der Waals surface area (Å²) in [4.78, 5) is 0.235. The zero-order valence-electron chi connectivity index (χ0n) is 11.3. The number of thiocarbonyl (C=S) groups is 1. The third-order valence-corrected chi connectivity index (χ3v) is 6.20. The highest BCUT2D eigenvalue weighted by molar-refractivity contribution is 7.89. The smallest absolute Gasteiger partial charge is 0.244 e. The Morgan fingerprint density at radius 2 is 2.24 bits per heavy atom. The van der Waals surface area contributed by atoms with E-state index in [0.29, 0.717) is 25.1 Å². The summed E-state index contributed by atoms with van der Waals surface area (Å²) in [6.07, 6.45) is 1.36. The highest BCUT2D eigenvalue weighted by atomic mass is 35.5. The summed E-state index contributed by atoms with van der Waals surface area (Å²) < 4.78 is 26.6. The van der Waals surface area contributed by atoms with E-state index in [0.717, 1.165) is 6.42 Å². The van der Waals surface area contributed by atoms with Crippen LogP contribution in [0.15, 0.2) is 23.1 Å². The molecule has 116 valence electrons. The lowest BCUT2D eigenvalue weighted by atomic mass is 10.1. The maximum absolute atomic E-state index is 12.6. The average Bonchev–Trinajstić information content (AvgIpc) is 2.88. The molecule has 1 aromatic rings. The number of nitrogens with two attached hydrogens (primary N) is 1. The third kappa shape index (κ3) is 3.54. The summed E-state index contributed by atoms with van der Waals surface area (Å²) in [7, 11) is -3.63. The predicted octanol–water partition coefficient (Wildman–Crippen LogP) is 1.37. The maximum atomic E-state index is 12.6. The van der Waals surface area contributed by atoms with Gasteiger partial charge in [-0.15, -0.1) is 0 Å². The van der Waals surface area contributed by atoms with Crippen molar-refractivity contribution in [3.63, 3.8) is 0 Å². The molecule has 2 rings (SSSR count). The van der Waals surface area contributed by atoms with Gasteiger partial charge in [0.1, 0.15) is 9.88 Å². The third-order valence-electron chi connectivity index (χ3n) is 3.62. The molecule has 0 amide bonds. The summed E-state index contributed by atoms with van der Waals surface area (Å²) in [5.74, 6) is 0.194. The molecular weight excluding hydrogens is 332 g/mol. The van der Waals surface area contributed by atoms with E-state index in [1.807, 2.05) is 0 Å². The molecule has 8 heteroatoms. The Morgan fingerprint density at radius 3 is 2.81 bits per heavy atom. The molecule has 1 saturated heterocycles. The molecule has 3 N–H and O–H groups in total. The van der Waals surface area contributed by atoms with Crippen LogP contribution in [0.4, 0.5) is 0 Å². The lowest BCUT2D eigenvalue weighted by Crippen LogP contribution is -2.29. The molecule has 0 aromatic heterocycles. The number of benzene rings is 1. The first-order valence-corrected chi connectivity index (χ1v) is 8.79. The first-order valence-electron chi connectivity index (χ1n) is 6.56. The van der Waals surface area contributed by atoms with Crippen LogP contribution in [0.3, 0.4) is 0 Å². The van der Waals surface area contributed by atoms with Crippen LogP contribution in [0.2, 0.25) is 5.02 Å². The fraction of sp³-hybridized carbons (Fsp3) is 0.462. The molecule has 1 aromatic carbocycles. The molecule has 1 unspecified atom stereocenters. The fourth-order valence-corrected chi connectivity index (χ4v) is 4.61. The van der Waals surface area contributed by atoms with E-state index in [1.54, 1.807) is 6.07 Å². The predicted molar refractivity (Wildman–Crippen MR) is 85.9 cm³/mol. The quantitative estimate of drug-likeness (QED) is 0.785. The van der Waals surface area contributed by atoms with E-state index in [4.69, 9.17) is 34.7 Å². The fourth-order valence-electron chi connectivity index (χ4n) is 2.44. The first-order chi connectivity index (χ1) is 9.86. The number of sulfonamides is 1. The van der Waals surface area contributed by atoms with Crippen molar-refractivity contribution in [1.82, 2.24) is 4.31 Å². The molecule has 0 saturated carbocycles. The molecule has 1 fully saturated rings. The van der Waals surface area contributed by atoms with Crippen LogP contribution in [0.5, 0.6) is 0 Å². The van der Waals surface area contributed by atoms with Crippen molar-refractivity contribution in [3.8, 4) is 0 Å². The number of hydrogen-bond acceptors (Lipinski definition) is 4. The Morgan fingerprint density at radius 1 is 1.52 bits per heavy atom. The van der Waals surface area contributed by atoms with Gasteiger partial charge >= 0.3 is 0 Å². The number of rotatable bonds is 5. The number of halogens is 1. The molecule has 1 aliphatic rings. The van der Waals surface area contributed by atoms with Crippen LogP contribution < -0.4 is 5.73 Å². The first kappa shape index (κ1) is 16.6. The number of hydrogen-bond donors (Lipinski definition) is 2. The van der Waals surface area contributed by atoms with Gasteiger partial charge in [0.15, 0.2) is 0 Å². The van der Waals surface area contributed by atoms with Crippen molar-refractivity contribution in [2.45, 2.75) is 17.7 Å². The lowest BCUT2D eigenvalue weighted by molar-refractivity contribution is 0.259. The second-order valence-corrected chi connectivity index (χ2v) is 7.79. The van der Waals surface area contributed by atoms with E-state index in [-0.39, 0.29) is 27.4 Å². The molecule has 0 radical (unpaired) electrons. The minimum Gasteiger partial charge on any atom is -0.396 e. The minimum atomic E-state index is -3.63. The minimum absolute atomic E-state index is 0.0637. The monoisotopic (exact) mass is 348 g/mol. The highest BCUT2D eigenvalue weighted by Gasteiger charge is 2.33. The van der Waals surface area contributed by atoms with Gasteiger partial charge in [-0.05, 0) is 30.9 Å². The van der Waals surface area contributed by atoms with Gasteiger partial charge in [-0.3, -0.25) is 0 Å². The van der Waals surface area contributed by atoms with Crippen LogP contribution in [-0.2, 0) is 10.0 Å². The van der Waals surface area contributed by atoms with Crippen molar-refractivity contribution in [2.75, 3.05) is 19.7 Å². The Kier molecular flexibility index (Phi) is 5.21. The van der Waals surface area contributed by atoms with Gasteiger partial charge in [0.25, 0.3) is 0 Å². The topological polar surface area (TPSA) is 83.6 Å². The van der Waals surface area contributed by atoms with Gasteiger partial charge < -0.3 is 10.8 Å². The van der Waals surface area contributed by atoms with E-state index in [9.17, 15) is 8.42 Å². The zero-order chi connectivity index (χ0) is 15.6. The van der Waals surface area contributed by atoms with Gasteiger partial charge in [0, 0.05) is 25.3 Å². The van der Waals surface area contributed by atoms with Crippen molar-refractivity contribution < 1.29 is 13.5 Å². The SMILES string of the molecule is NC(=S)c1ccc(S(=O)(=O)N2CCC(CCO)C2)c(Cl)c1.